The van der Waals surface area contributed by atoms with Crippen molar-refractivity contribution >= 4 is 12.0 Å². The van der Waals surface area contributed by atoms with Gasteiger partial charge in [0, 0.05) is 0 Å². The summed E-state index contributed by atoms with van der Waals surface area (Å²) in [5.74, 6) is -0.726. The van der Waals surface area contributed by atoms with E-state index in [-0.39, 0.29) is 17.2 Å². The van der Waals surface area contributed by atoms with Gasteiger partial charge in [-0.1, -0.05) is 48.5 Å². The fourth-order valence-corrected chi connectivity index (χ4v) is 2.28. The minimum atomic E-state index is -4.57. The summed E-state index contributed by atoms with van der Waals surface area (Å²) in [5, 5.41) is 11.8. The lowest BCUT2D eigenvalue weighted by atomic mass is 10.0. The largest absolute Gasteiger partial charge is 0.416 e. The summed E-state index contributed by atoms with van der Waals surface area (Å²) < 4.78 is 39.1. The monoisotopic (exact) mass is 344 g/mol. The number of carbonyl (C=O) groups excluding carboxylic acids is 1. The van der Waals surface area contributed by atoms with Crippen LogP contribution in [-0.4, -0.2) is 5.91 Å². The van der Waals surface area contributed by atoms with Gasteiger partial charge in [0.15, 0.2) is 0 Å². The van der Waals surface area contributed by atoms with Crippen LogP contribution in [0.1, 0.15) is 29.7 Å². The van der Waals surface area contributed by atoms with Gasteiger partial charge in [0.25, 0.3) is 5.91 Å². The number of hydrogen-bond donors (Lipinski definition) is 1. The quantitative estimate of drug-likeness (QED) is 0.656. The van der Waals surface area contributed by atoms with E-state index in [1.54, 1.807) is 37.3 Å². The molecule has 1 N–H and O–H groups in total. The van der Waals surface area contributed by atoms with Crippen LogP contribution < -0.4 is 5.32 Å². The van der Waals surface area contributed by atoms with Crippen LogP contribution in [0.5, 0.6) is 0 Å². The van der Waals surface area contributed by atoms with Crippen molar-refractivity contribution in [3.8, 4) is 6.07 Å². The van der Waals surface area contributed by atoms with Gasteiger partial charge < -0.3 is 5.32 Å². The minimum Gasteiger partial charge on any atom is -0.345 e. The summed E-state index contributed by atoms with van der Waals surface area (Å²) in [7, 11) is 0. The Bertz CT molecular complexity index is 821. The second-order valence-corrected chi connectivity index (χ2v) is 5.36. The van der Waals surface area contributed by atoms with Crippen molar-refractivity contribution in [3.05, 3.63) is 76.9 Å². The molecule has 25 heavy (non-hydrogen) atoms. The van der Waals surface area contributed by atoms with Gasteiger partial charge in [0.2, 0.25) is 0 Å². The van der Waals surface area contributed by atoms with E-state index >= 15 is 0 Å². The van der Waals surface area contributed by atoms with Crippen LogP contribution in [0.4, 0.5) is 13.2 Å². The summed E-state index contributed by atoms with van der Waals surface area (Å²) in [6.45, 7) is 1.73. The van der Waals surface area contributed by atoms with Crippen LogP contribution in [0.15, 0.2) is 60.2 Å². The molecule has 0 radical (unpaired) electrons. The molecule has 0 bridgehead atoms. The maximum Gasteiger partial charge on any atom is 0.416 e. The molecule has 2 rings (SSSR count). The highest BCUT2D eigenvalue weighted by Gasteiger charge is 2.32. The minimum absolute atomic E-state index is 0.228. The summed E-state index contributed by atoms with van der Waals surface area (Å²) in [5.41, 5.74) is -0.691. The number of rotatable bonds is 4. The van der Waals surface area contributed by atoms with Crippen molar-refractivity contribution in [2.45, 2.75) is 19.1 Å². The van der Waals surface area contributed by atoms with Crippen molar-refractivity contribution in [2.75, 3.05) is 0 Å². The highest BCUT2D eigenvalue weighted by molar-refractivity contribution is 6.02. The zero-order valence-electron chi connectivity index (χ0n) is 13.3. The maximum atomic E-state index is 13.0. The Morgan fingerprint density at radius 3 is 2.32 bits per heavy atom. The van der Waals surface area contributed by atoms with E-state index in [4.69, 9.17) is 0 Å². The van der Waals surface area contributed by atoms with Gasteiger partial charge in [-0.25, -0.2) is 0 Å². The van der Waals surface area contributed by atoms with Crippen molar-refractivity contribution in [1.29, 1.82) is 5.26 Å². The molecule has 0 aromatic heterocycles. The van der Waals surface area contributed by atoms with E-state index in [0.29, 0.717) is 0 Å². The highest BCUT2D eigenvalue weighted by Crippen LogP contribution is 2.32. The summed E-state index contributed by atoms with van der Waals surface area (Å²) in [6, 6.07) is 15.1. The van der Waals surface area contributed by atoms with Crippen molar-refractivity contribution in [2.24, 2.45) is 0 Å². The average molecular weight is 344 g/mol. The normalized spacial score (nSPS) is 13.0. The molecule has 0 unspecified atom stereocenters. The van der Waals surface area contributed by atoms with Crippen molar-refractivity contribution < 1.29 is 18.0 Å². The number of nitriles is 1. The van der Waals surface area contributed by atoms with Gasteiger partial charge in [0.05, 0.1) is 11.6 Å². The molecule has 0 spiro atoms. The molecule has 0 fully saturated rings. The predicted molar refractivity (Wildman–Crippen MR) is 88.0 cm³/mol. The molecule has 0 heterocycles. The van der Waals surface area contributed by atoms with Gasteiger partial charge in [-0.05, 0) is 30.2 Å². The first-order valence-corrected chi connectivity index (χ1v) is 7.46. The molecule has 2 aromatic rings. The Morgan fingerprint density at radius 1 is 1.12 bits per heavy atom. The van der Waals surface area contributed by atoms with Gasteiger partial charge in [-0.2, -0.15) is 18.4 Å². The molecular formula is C19H15F3N2O. The topological polar surface area (TPSA) is 52.9 Å². The number of amides is 1. The van der Waals surface area contributed by atoms with Crippen molar-refractivity contribution in [1.82, 2.24) is 5.32 Å². The number of carbonyl (C=O) groups is 1. The van der Waals surface area contributed by atoms with Crippen LogP contribution in [0.3, 0.4) is 0 Å². The summed E-state index contributed by atoms with van der Waals surface area (Å²) >= 11 is 0. The zero-order valence-corrected chi connectivity index (χ0v) is 13.3. The third-order valence-electron chi connectivity index (χ3n) is 3.58. The lowest BCUT2D eigenvalue weighted by molar-refractivity contribution is -0.137. The molecule has 3 nitrogen and oxygen atoms in total. The van der Waals surface area contributed by atoms with Crippen LogP contribution in [0.2, 0.25) is 0 Å². The number of alkyl halides is 3. The molecule has 2 aromatic carbocycles. The van der Waals surface area contributed by atoms with Crippen LogP contribution in [0, 0.1) is 11.3 Å². The van der Waals surface area contributed by atoms with Gasteiger partial charge in [-0.3, -0.25) is 4.79 Å². The SMILES string of the molecule is C[C@@H](NC(=O)/C(C#N)=C/c1ccccc1C(F)(F)F)c1ccccc1. The van der Waals surface area contributed by atoms with Gasteiger partial charge in [0.1, 0.15) is 11.6 Å². The Kier molecular flexibility index (Phi) is 5.60. The molecule has 128 valence electrons. The Balaban J connectivity index is 2.27. The van der Waals surface area contributed by atoms with E-state index < -0.39 is 17.6 Å². The first kappa shape index (κ1) is 18.3. The molecular weight excluding hydrogens is 329 g/mol. The Morgan fingerprint density at radius 2 is 1.72 bits per heavy atom. The number of nitrogens with one attached hydrogen (secondary N) is 1. The molecule has 0 aliphatic rings. The fourth-order valence-electron chi connectivity index (χ4n) is 2.28. The Hall–Kier alpha value is -3.07. The number of halogens is 3. The molecule has 0 saturated carbocycles. The van der Waals surface area contributed by atoms with Crippen LogP contribution >= 0.6 is 0 Å². The summed E-state index contributed by atoms with van der Waals surface area (Å²) in [6.07, 6.45) is -3.61. The zero-order chi connectivity index (χ0) is 18.4. The second-order valence-electron chi connectivity index (χ2n) is 5.36. The molecule has 1 amide bonds. The van der Waals surface area contributed by atoms with Gasteiger partial charge >= 0.3 is 6.18 Å². The molecule has 0 saturated heterocycles. The average Bonchev–Trinajstić information content (AvgIpc) is 2.59. The van der Waals surface area contributed by atoms with E-state index in [1.807, 2.05) is 6.07 Å². The summed E-state index contributed by atoms with van der Waals surface area (Å²) in [4.78, 5) is 12.2. The van der Waals surface area contributed by atoms with E-state index in [2.05, 4.69) is 5.32 Å². The molecule has 6 heteroatoms. The standard InChI is InChI=1S/C19H15F3N2O/c1-13(14-7-3-2-4-8-14)24-18(25)16(12-23)11-15-9-5-6-10-17(15)19(20,21)22/h2-11,13H,1H3,(H,24,25)/b16-11+/t13-/m1/s1. The van der Waals surface area contributed by atoms with Crippen LogP contribution in [-0.2, 0) is 11.0 Å². The third kappa shape index (κ3) is 4.70. The van der Waals surface area contributed by atoms with Crippen LogP contribution in [0.25, 0.3) is 6.08 Å². The fraction of sp³-hybridized carbons (Fsp3) is 0.158. The first-order valence-electron chi connectivity index (χ1n) is 7.46. The maximum absolute atomic E-state index is 13.0. The smallest absolute Gasteiger partial charge is 0.345 e. The second kappa shape index (κ2) is 7.67. The van der Waals surface area contributed by atoms with E-state index in [1.165, 1.54) is 18.2 Å². The van der Waals surface area contributed by atoms with Gasteiger partial charge in [-0.15, -0.1) is 0 Å². The molecule has 0 aliphatic heterocycles. The van der Waals surface area contributed by atoms with E-state index in [0.717, 1.165) is 17.7 Å². The van der Waals surface area contributed by atoms with Crippen molar-refractivity contribution in [3.63, 3.8) is 0 Å². The lowest BCUT2D eigenvalue weighted by Gasteiger charge is -2.14. The third-order valence-corrected chi connectivity index (χ3v) is 3.58. The number of benzene rings is 2. The van der Waals surface area contributed by atoms with E-state index in [9.17, 15) is 23.2 Å². The highest BCUT2D eigenvalue weighted by atomic mass is 19.4. The number of hydrogen-bond acceptors (Lipinski definition) is 2. The first-order chi connectivity index (χ1) is 11.8. The number of nitrogens with zero attached hydrogens (tertiary/aromatic N) is 1. The molecule has 1 atom stereocenters. The molecule has 0 aliphatic carbocycles. The predicted octanol–water partition coefficient (Wildman–Crippen LogP) is 4.49. The lowest BCUT2D eigenvalue weighted by Crippen LogP contribution is -2.27. The Labute approximate surface area is 143 Å².